The number of nitrogens with zero attached hydrogens (tertiary/aromatic N) is 2. The number of benzene rings is 2. The van der Waals surface area contributed by atoms with Crippen LogP contribution in [0.2, 0.25) is 0 Å². The number of amides is 2. The molecule has 184 valence electrons. The fourth-order valence-electron chi connectivity index (χ4n) is 3.94. The van der Waals surface area contributed by atoms with Gasteiger partial charge in [-0.25, -0.2) is 9.82 Å². The molecule has 0 bridgehead atoms. The number of hydrazone groups is 1. The predicted molar refractivity (Wildman–Crippen MR) is 134 cm³/mol. The van der Waals surface area contributed by atoms with Crippen LogP contribution in [0.3, 0.4) is 0 Å². The molecule has 0 spiro atoms. The first-order valence-electron chi connectivity index (χ1n) is 11.3. The number of likely N-dealkylation sites (N-methyl/N-ethyl adjacent to an activating group) is 1. The summed E-state index contributed by atoms with van der Waals surface area (Å²) in [5.74, 6) is -0.186. The topological polar surface area (TPSA) is 92.3 Å². The van der Waals surface area contributed by atoms with Crippen molar-refractivity contribution >= 4 is 38.9 Å². The van der Waals surface area contributed by atoms with Gasteiger partial charge in [0.2, 0.25) is 0 Å². The van der Waals surface area contributed by atoms with Crippen molar-refractivity contribution in [3.63, 3.8) is 0 Å². The van der Waals surface area contributed by atoms with E-state index in [4.69, 9.17) is 9.47 Å². The van der Waals surface area contributed by atoms with Crippen LogP contribution >= 0.6 is 11.3 Å². The number of ether oxygens (including phenoxy) is 2. The second-order valence-electron chi connectivity index (χ2n) is 7.89. The van der Waals surface area contributed by atoms with Crippen LogP contribution in [0.15, 0.2) is 41.5 Å². The van der Waals surface area contributed by atoms with Gasteiger partial charge in [-0.15, -0.1) is 11.3 Å². The smallest absolute Gasteiger partial charge is 0.259 e. The Morgan fingerprint density at radius 3 is 2.74 bits per heavy atom. The Balaban J connectivity index is 1.45. The maximum atomic E-state index is 14.3. The molecule has 2 aromatic carbocycles. The minimum absolute atomic E-state index is 0.255. The van der Waals surface area contributed by atoms with Crippen LogP contribution in [-0.2, 0) is 11.3 Å². The molecular weight excluding hydrogens is 471 g/mol. The van der Waals surface area contributed by atoms with E-state index in [0.717, 1.165) is 22.4 Å². The molecule has 0 unspecified atom stereocenters. The number of methoxy groups -OCH3 is 1. The first kappa shape index (κ1) is 24.6. The Morgan fingerprint density at radius 1 is 1.17 bits per heavy atom. The van der Waals surface area contributed by atoms with Crippen LogP contribution in [0.4, 0.5) is 4.39 Å². The molecule has 1 aliphatic rings. The van der Waals surface area contributed by atoms with Gasteiger partial charge in [0.05, 0.1) is 30.7 Å². The molecule has 3 aromatic rings. The van der Waals surface area contributed by atoms with Gasteiger partial charge in [-0.3, -0.25) is 14.5 Å². The van der Waals surface area contributed by atoms with E-state index >= 15 is 0 Å². The van der Waals surface area contributed by atoms with Crippen molar-refractivity contribution in [2.45, 2.75) is 20.4 Å². The van der Waals surface area contributed by atoms with Gasteiger partial charge in [0.25, 0.3) is 11.8 Å². The average Bonchev–Trinajstić information content (AvgIpc) is 3.26. The van der Waals surface area contributed by atoms with Crippen molar-refractivity contribution in [2.24, 2.45) is 5.10 Å². The van der Waals surface area contributed by atoms with Gasteiger partial charge in [-0.2, -0.15) is 5.10 Å². The van der Waals surface area contributed by atoms with E-state index in [2.05, 4.69) is 20.7 Å². The fourth-order valence-corrected chi connectivity index (χ4v) is 5.21. The predicted octanol–water partition coefficient (Wildman–Crippen LogP) is 3.53. The maximum Gasteiger partial charge on any atom is 0.259 e. The Hall–Kier alpha value is -3.50. The van der Waals surface area contributed by atoms with E-state index in [-0.39, 0.29) is 12.4 Å². The molecule has 2 N–H and O–H groups in total. The summed E-state index contributed by atoms with van der Waals surface area (Å²) in [7, 11) is 1.49. The fraction of sp³-hybridized carbons (Fsp3) is 0.320. The molecule has 4 rings (SSSR count). The number of nitrogens with one attached hydrogen (secondary N) is 2. The highest BCUT2D eigenvalue weighted by atomic mass is 32.1. The van der Waals surface area contributed by atoms with E-state index in [9.17, 15) is 14.0 Å². The summed E-state index contributed by atoms with van der Waals surface area (Å²) in [6, 6.07) is 9.81. The quantitative estimate of drug-likeness (QED) is 0.464. The number of fused-ring (bicyclic) bond motifs is 3. The van der Waals surface area contributed by atoms with Gasteiger partial charge in [-0.1, -0.05) is 19.1 Å². The first-order valence-corrected chi connectivity index (χ1v) is 12.1. The summed E-state index contributed by atoms with van der Waals surface area (Å²) in [6.07, 6.45) is 0. The largest absolute Gasteiger partial charge is 0.493 e. The van der Waals surface area contributed by atoms with Crippen LogP contribution in [0.5, 0.6) is 11.5 Å². The second-order valence-corrected chi connectivity index (χ2v) is 9.00. The van der Waals surface area contributed by atoms with Gasteiger partial charge in [0, 0.05) is 34.5 Å². The summed E-state index contributed by atoms with van der Waals surface area (Å²) < 4.78 is 25.7. The highest BCUT2D eigenvalue weighted by Crippen LogP contribution is 2.36. The minimum Gasteiger partial charge on any atom is -0.493 e. The molecule has 0 fully saturated rings. The number of halogens is 1. The molecule has 0 radical (unpaired) electrons. The Kier molecular flexibility index (Phi) is 7.62. The van der Waals surface area contributed by atoms with Crippen molar-refractivity contribution in [1.82, 2.24) is 15.6 Å². The SMILES string of the molecule is CCOc1ccc(C(=O)NCC(=O)N/N=C2\CN(CC)Cc3sc4c(F)cccc4c32)cc1OC. The van der Waals surface area contributed by atoms with Crippen molar-refractivity contribution in [3.05, 3.63) is 58.2 Å². The normalized spacial score (nSPS) is 14.6. The van der Waals surface area contributed by atoms with Crippen molar-refractivity contribution in [2.75, 3.05) is 33.4 Å². The third kappa shape index (κ3) is 5.28. The highest BCUT2D eigenvalue weighted by Gasteiger charge is 2.26. The number of carbonyl (C=O) groups excluding carboxylic acids is 2. The van der Waals surface area contributed by atoms with Crippen LogP contribution < -0.4 is 20.2 Å². The second kappa shape index (κ2) is 10.8. The third-order valence-electron chi connectivity index (χ3n) is 5.67. The zero-order valence-corrected chi connectivity index (χ0v) is 20.6. The zero-order chi connectivity index (χ0) is 24.9. The van der Waals surface area contributed by atoms with Gasteiger partial charge in [0.15, 0.2) is 11.5 Å². The molecule has 0 saturated heterocycles. The first-order chi connectivity index (χ1) is 16.9. The van der Waals surface area contributed by atoms with E-state index in [1.165, 1.54) is 24.5 Å². The summed E-state index contributed by atoms with van der Waals surface area (Å²) in [5.41, 5.74) is 4.42. The van der Waals surface area contributed by atoms with E-state index in [1.54, 1.807) is 24.3 Å². The third-order valence-corrected chi connectivity index (χ3v) is 6.87. The molecule has 0 saturated carbocycles. The summed E-state index contributed by atoms with van der Waals surface area (Å²) >= 11 is 1.42. The standard InChI is InChI=1S/C25H27FN4O4S/c1-4-30-13-18(23-16-7-6-8-17(26)24(16)35-21(23)14-30)28-29-22(31)12-27-25(32)15-9-10-19(34-5-2)20(11-15)33-3/h6-11H,4-5,12-14H2,1-3H3,(H,27,32)(H,29,31)/b28-18+. The maximum absolute atomic E-state index is 14.3. The van der Waals surface area contributed by atoms with Crippen molar-refractivity contribution < 1.29 is 23.5 Å². The molecule has 1 aromatic heterocycles. The summed E-state index contributed by atoms with van der Waals surface area (Å²) in [6.45, 7) is 6.15. The lowest BCUT2D eigenvalue weighted by atomic mass is 10.0. The number of thiophene rings is 1. The van der Waals surface area contributed by atoms with Crippen molar-refractivity contribution in [3.8, 4) is 11.5 Å². The van der Waals surface area contributed by atoms with Gasteiger partial charge in [-0.05, 0) is 37.7 Å². The molecule has 2 amide bonds. The molecule has 0 atom stereocenters. The van der Waals surface area contributed by atoms with Gasteiger partial charge >= 0.3 is 0 Å². The Bertz CT molecular complexity index is 1290. The number of rotatable bonds is 8. The van der Waals surface area contributed by atoms with Gasteiger partial charge < -0.3 is 14.8 Å². The Labute approximate surface area is 206 Å². The average molecular weight is 499 g/mol. The van der Waals surface area contributed by atoms with Crippen LogP contribution in [0.25, 0.3) is 10.1 Å². The summed E-state index contributed by atoms with van der Waals surface area (Å²) in [4.78, 5) is 28.2. The lowest BCUT2D eigenvalue weighted by molar-refractivity contribution is -0.120. The lowest BCUT2D eigenvalue weighted by Gasteiger charge is -2.26. The highest BCUT2D eigenvalue weighted by molar-refractivity contribution is 7.19. The molecule has 8 nitrogen and oxygen atoms in total. The van der Waals surface area contributed by atoms with E-state index in [0.29, 0.717) is 47.2 Å². The summed E-state index contributed by atoms with van der Waals surface area (Å²) in [5, 5.41) is 7.74. The number of hydrogen-bond donors (Lipinski definition) is 2. The zero-order valence-electron chi connectivity index (χ0n) is 19.8. The molecule has 35 heavy (non-hydrogen) atoms. The number of carbonyl (C=O) groups is 2. The molecule has 10 heteroatoms. The molecule has 0 aliphatic carbocycles. The van der Waals surface area contributed by atoms with Crippen LogP contribution in [0.1, 0.15) is 34.6 Å². The molecule has 1 aliphatic heterocycles. The Morgan fingerprint density at radius 2 is 2.00 bits per heavy atom. The lowest BCUT2D eigenvalue weighted by Crippen LogP contribution is -2.38. The van der Waals surface area contributed by atoms with E-state index < -0.39 is 11.8 Å². The minimum atomic E-state index is -0.468. The van der Waals surface area contributed by atoms with E-state index in [1.807, 2.05) is 19.9 Å². The van der Waals surface area contributed by atoms with Gasteiger partial charge in [0.1, 0.15) is 5.82 Å². The molecular formula is C25H27FN4O4S. The molecule has 2 heterocycles. The van der Waals surface area contributed by atoms with Crippen LogP contribution in [0, 0.1) is 5.82 Å². The monoisotopic (exact) mass is 498 g/mol. The number of hydrogen-bond acceptors (Lipinski definition) is 7. The van der Waals surface area contributed by atoms with Crippen molar-refractivity contribution in [1.29, 1.82) is 0 Å². The van der Waals surface area contributed by atoms with Crippen LogP contribution in [-0.4, -0.2) is 55.8 Å².